The van der Waals surface area contributed by atoms with Gasteiger partial charge in [0.15, 0.2) is 0 Å². The van der Waals surface area contributed by atoms with Crippen LogP contribution in [0.4, 0.5) is 0 Å². The lowest BCUT2D eigenvalue weighted by Crippen LogP contribution is -2.32. The molecule has 3 rings (SSSR count). The van der Waals surface area contributed by atoms with Crippen LogP contribution in [0.3, 0.4) is 0 Å². The van der Waals surface area contributed by atoms with E-state index in [1.54, 1.807) is 0 Å². The summed E-state index contributed by atoms with van der Waals surface area (Å²) in [5, 5.41) is 3.38. The van der Waals surface area contributed by atoms with Crippen molar-refractivity contribution >= 4 is 11.8 Å². The number of benzene rings is 1. The van der Waals surface area contributed by atoms with Crippen LogP contribution in [0.15, 0.2) is 18.2 Å². The molecule has 1 fully saturated rings. The Bertz CT molecular complexity index is 399. The van der Waals surface area contributed by atoms with Gasteiger partial charge < -0.3 is 10.1 Å². The van der Waals surface area contributed by atoms with E-state index in [0.717, 1.165) is 31.0 Å². The molecule has 1 saturated heterocycles. The van der Waals surface area contributed by atoms with Crippen LogP contribution in [0.5, 0.6) is 5.75 Å². The second-order valence-electron chi connectivity index (χ2n) is 4.85. The Labute approximate surface area is 101 Å². The molecular formula is C13H17NOS. The molecule has 2 heterocycles. The minimum atomic E-state index is 0.0440. The van der Waals surface area contributed by atoms with Gasteiger partial charge in [0, 0.05) is 24.4 Å². The third-order valence-corrected chi connectivity index (χ3v) is 4.69. The van der Waals surface area contributed by atoms with Crippen LogP contribution in [0.2, 0.25) is 0 Å². The first-order valence-electron chi connectivity index (χ1n) is 5.85. The van der Waals surface area contributed by atoms with Crippen LogP contribution in [0.1, 0.15) is 24.5 Å². The summed E-state index contributed by atoms with van der Waals surface area (Å²) in [6, 6.07) is 6.40. The van der Waals surface area contributed by atoms with E-state index in [0.29, 0.717) is 0 Å². The van der Waals surface area contributed by atoms with E-state index in [4.69, 9.17) is 4.74 Å². The quantitative estimate of drug-likeness (QED) is 0.851. The monoisotopic (exact) mass is 235 g/mol. The minimum absolute atomic E-state index is 0.0440. The summed E-state index contributed by atoms with van der Waals surface area (Å²) >= 11 is 1.99. The predicted octanol–water partition coefficient (Wildman–Crippen LogP) is 2.56. The summed E-state index contributed by atoms with van der Waals surface area (Å²) in [5.41, 5.74) is 2.80. The third-order valence-electron chi connectivity index (χ3n) is 3.39. The number of hydrogen-bond donors (Lipinski definition) is 1. The van der Waals surface area contributed by atoms with Gasteiger partial charge in [0.1, 0.15) is 11.4 Å². The molecule has 1 aromatic carbocycles. The van der Waals surface area contributed by atoms with E-state index in [-0.39, 0.29) is 5.60 Å². The first-order valence-corrected chi connectivity index (χ1v) is 7.01. The molecule has 1 atom stereocenters. The molecule has 0 bridgehead atoms. The molecule has 2 aliphatic heterocycles. The van der Waals surface area contributed by atoms with Gasteiger partial charge in [-0.1, -0.05) is 12.1 Å². The van der Waals surface area contributed by atoms with Gasteiger partial charge in [-0.3, -0.25) is 0 Å². The Morgan fingerprint density at radius 3 is 3.12 bits per heavy atom. The van der Waals surface area contributed by atoms with Gasteiger partial charge >= 0.3 is 0 Å². The molecule has 0 amide bonds. The average molecular weight is 235 g/mol. The molecule has 0 saturated carbocycles. The molecule has 1 N–H and O–H groups in total. The lowest BCUT2D eigenvalue weighted by atomic mass is 10.1. The Kier molecular flexibility index (Phi) is 2.60. The number of nitrogens with one attached hydrogen (secondary N) is 1. The summed E-state index contributed by atoms with van der Waals surface area (Å²) in [5.74, 6) is 3.43. The third kappa shape index (κ3) is 1.82. The van der Waals surface area contributed by atoms with Gasteiger partial charge in [-0.15, -0.1) is 0 Å². The molecule has 1 unspecified atom stereocenters. The van der Waals surface area contributed by atoms with Crippen molar-refractivity contribution in [3.8, 4) is 5.75 Å². The van der Waals surface area contributed by atoms with Crippen LogP contribution in [0, 0.1) is 0 Å². The van der Waals surface area contributed by atoms with Crippen LogP contribution < -0.4 is 10.1 Å². The molecule has 2 nitrogen and oxygen atoms in total. The Hall–Kier alpha value is -0.670. The maximum absolute atomic E-state index is 6.24. The average Bonchev–Trinajstić information content (AvgIpc) is 2.87. The SMILES string of the molecule is CC1(Oc2cccc3c2CNC3)CCSC1. The molecule has 1 aromatic rings. The van der Waals surface area contributed by atoms with Gasteiger partial charge in [-0.05, 0) is 30.7 Å². The highest BCUT2D eigenvalue weighted by Gasteiger charge is 2.32. The summed E-state index contributed by atoms with van der Waals surface area (Å²) in [7, 11) is 0. The lowest BCUT2D eigenvalue weighted by molar-refractivity contribution is 0.116. The smallest absolute Gasteiger partial charge is 0.124 e. The predicted molar refractivity (Wildman–Crippen MR) is 68.0 cm³/mol. The second-order valence-corrected chi connectivity index (χ2v) is 5.96. The van der Waals surface area contributed by atoms with E-state index in [1.165, 1.54) is 16.9 Å². The van der Waals surface area contributed by atoms with E-state index < -0.39 is 0 Å². The number of rotatable bonds is 2. The highest BCUT2D eigenvalue weighted by molar-refractivity contribution is 7.99. The van der Waals surface area contributed by atoms with E-state index in [9.17, 15) is 0 Å². The highest BCUT2D eigenvalue weighted by atomic mass is 32.2. The second kappa shape index (κ2) is 3.97. The van der Waals surface area contributed by atoms with Crippen LogP contribution in [0.25, 0.3) is 0 Å². The number of hydrogen-bond acceptors (Lipinski definition) is 3. The van der Waals surface area contributed by atoms with Gasteiger partial charge in [-0.2, -0.15) is 11.8 Å². The molecular weight excluding hydrogens is 218 g/mol. The molecule has 16 heavy (non-hydrogen) atoms. The number of fused-ring (bicyclic) bond motifs is 1. The van der Waals surface area contributed by atoms with Crippen LogP contribution in [-0.4, -0.2) is 17.1 Å². The molecule has 0 radical (unpaired) electrons. The first kappa shape index (κ1) is 10.5. The standard InChI is InChI=1S/C13H17NOS/c1-13(5-6-16-9-13)15-12-4-2-3-10-7-14-8-11(10)12/h2-4,14H,5-9H2,1H3. The van der Waals surface area contributed by atoms with E-state index >= 15 is 0 Å². The normalized spacial score (nSPS) is 28.1. The number of thioether (sulfide) groups is 1. The molecule has 0 aliphatic carbocycles. The highest BCUT2D eigenvalue weighted by Crippen LogP contribution is 2.35. The first-order chi connectivity index (χ1) is 7.77. The Balaban J connectivity index is 1.87. The van der Waals surface area contributed by atoms with Crippen molar-refractivity contribution in [1.29, 1.82) is 0 Å². The minimum Gasteiger partial charge on any atom is -0.486 e. The van der Waals surface area contributed by atoms with Gasteiger partial charge in [-0.25, -0.2) is 0 Å². The summed E-state index contributed by atoms with van der Waals surface area (Å²) in [4.78, 5) is 0. The van der Waals surface area contributed by atoms with Crippen molar-refractivity contribution in [2.24, 2.45) is 0 Å². The zero-order valence-corrected chi connectivity index (χ0v) is 10.4. The summed E-state index contributed by atoms with van der Waals surface area (Å²) in [6.07, 6.45) is 1.16. The van der Waals surface area contributed by atoms with Crippen LogP contribution >= 0.6 is 11.8 Å². The zero-order chi connectivity index (χ0) is 11.0. The van der Waals surface area contributed by atoms with Gasteiger partial charge in [0.25, 0.3) is 0 Å². The molecule has 3 heteroatoms. The van der Waals surface area contributed by atoms with Gasteiger partial charge in [0.05, 0.1) is 0 Å². The van der Waals surface area contributed by atoms with Crippen molar-refractivity contribution in [3.63, 3.8) is 0 Å². The summed E-state index contributed by atoms with van der Waals surface area (Å²) < 4.78 is 6.24. The van der Waals surface area contributed by atoms with E-state index in [2.05, 4.69) is 30.4 Å². The fourth-order valence-corrected chi connectivity index (χ4v) is 3.74. The number of ether oxygens (including phenoxy) is 1. The summed E-state index contributed by atoms with van der Waals surface area (Å²) in [6.45, 7) is 4.17. The Morgan fingerprint density at radius 2 is 2.31 bits per heavy atom. The molecule has 0 spiro atoms. The molecule has 0 aromatic heterocycles. The van der Waals surface area contributed by atoms with Crippen molar-refractivity contribution in [2.75, 3.05) is 11.5 Å². The maximum Gasteiger partial charge on any atom is 0.124 e. The van der Waals surface area contributed by atoms with Crippen molar-refractivity contribution < 1.29 is 4.74 Å². The fourth-order valence-electron chi connectivity index (χ4n) is 2.39. The maximum atomic E-state index is 6.24. The van der Waals surface area contributed by atoms with Crippen molar-refractivity contribution in [3.05, 3.63) is 29.3 Å². The largest absolute Gasteiger partial charge is 0.486 e. The van der Waals surface area contributed by atoms with E-state index in [1.807, 2.05) is 11.8 Å². The molecule has 2 aliphatic rings. The van der Waals surface area contributed by atoms with Crippen molar-refractivity contribution in [1.82, 2.24) is 5.32 Å². The fraction of sp³-hybridized carbons (Fsp3) is 0.538. The topological polar surface area (TPSA) is 21.3 Å². The van der Waals surface area contributed by atoms with Gasteiger partial charge in [0.2, 0.25) is 0 Å². The molecule has 86 valence electrons. The Morgan fingerprint density at radius 1 is 1.38 bits per heavy atom. The lowest BCUT2D eigenvalue weighted by Gasteiger charge is -2.26. The zero-order valence-electron chi connectivity index (χ0n) is 9.58. The van der Waals surface area contributed by atoms with Crippen LogP contribution in [-0.2, 0) is 13.1 Å². The van der Waals surface area contributed by atoms with Crippen molar-refractivity contribution in [2.45, 2.75) is 32.0 Å².